The number of ether oxygens (including phenoxy) is 2. The fraction of sp³-hybridized carbons (Fsp3) is 0.333. The van der Waals surface area contributed by atoms with Crippen molar-refractivity contribution in [3.05, 3.63) is 59.2 Å². The first-order valence-corrected chi connectivity index (χ1v) is 8.63. The first-order valence-electron chi connectivity index (χ1n) is 8.63. The van der Waals surface area contributed by atoms with Crippen LogP contribution in [0.25, 0.3) is 6.08 Å². The van der Waals surface area contributed by atoms with Crippen LogP contribution in [-0.2, 0) is 11.6 Å². The zero-order valence-electron chi connectivity index (χ0n) is 15.5. The van der Waals surface area contributed by atoms with Gasteiger partial charge >= 0.3 is 6.18 Å². The van der Waals surface area contributed by atoms with Crippen molar-refractivity contribution in [3.8, 4) is 11.5 Å². The van der Waals surface area contributed by atoms with Crippen molar-refractivity contribution in [1.82, 2.24) is 0 Å². The summed E-state index contributed by atoms with van der Waals surface area (Å²) in [6, 6.07) is 10.2. The van der Waals surface area contributed by atoms with Crippen LogP contribution in [0.4, 0.5) is 18.9 Å². The molecule has 0 radical (unpaired) electrons. The molecule has 2 aromatic carbocycles. The minimum Gasteiger partial charge on any atom is -0.493 e. The summed E-state index contributed by atoms with van der Waals surface area (Å²) in [6.07, 6.45) is -1.24. The van der Waals surface area contributed by atoms with Crippen LogP contribution < -0.4 is 14.4 Å². The highest BCUT2D eigenvalue weighted by molar-refractivity contribution is 5.75. The minimum atomic E-state index is -4.48. The summed E-state index contributed by atoms with van der Waals surface area (Å²) in [5, 5.41) is 0. The molecule has 0 aliphatic carbocycles. The Morgan fingerprint density at radius 2 is 1.78 bits per heavy atom. The fourth-order valence-electron chi connectivity index (χ4n) is 4.25. The van der Waals surface area contributed by atoms with Crippen molar-refractivity contribution in [2.24, 2.45) is 0 Å². The van der Waals surface area contributed by atoms with Crippen molar-refractivity contribution >= 4 is 11.8 Å². The van der Waals surface area contributed by atoms with Crippen LogP contribution in [0.1, 0.15) is 30.5 Å². The molecule has 1 spiro atoms. The Balaban J connectivity index is 1.93. The lowest BCUT2D eigenvalue weighted by atomic mass is 9.76. The van der Waals surface area contributed by atoms with E-state index in [0.29, 0.717) is 0 Å². The van der Waals surface area contributed by atoms with Crippen molar-refractivity contribution in [3.63, 3.8) is 0 Å². The Hall–Kier alpha value is -2.63. The first-order chi connectivity index (χ1) is 12.6. The molecular formula is C21H20F3NO2. The Kier molecular flexibility index (Phi) is 3.58. The van der Waals surface area contributed by atoms with Crippen LogP contribution in [-0.4, -0.2) is 19.9 Å². The SMILES string of the molecule is COc1ccc(C(F)(F)F)c2c1O[C@]1(C=C2)N(C)c2ccccc2C1(C)C. The minimum absolute atomic E-state index is 0.00682. The maximum absolute atomic E-state index is 13.5. The fourth-order valence-corrected chi connectivity index (χ4v) is 4.25. The summed E-state index contributed by atoms with van der Waals surface area (Å²) in [7, 11) is 3.32. The second kappa shape index (κ2) is 5.44. The third kappa shape index (κ3) is 2.22. The third-order valence-electron chi connectivity index (χ3n) is 5.75. The first kappa shape index (κ1) is 17.8. The van der Waals surface area contributed by atoms with Gasteiger partial charge in [0.05, 0.1) is 18.1 Å². The maximum Gasteiger partial charge on any atom is 0.417 e. The molecule has 0 saturated heterocycles. The molecule has 0 N–H and O–H groups in total. The topological polar surface area (TPSA) is 21.7 Å². The summed E-state index contributed by atoms with van der Waals surface area (Å²) in [4.78, 5) is 1.97. The number of fused-ring (bicyclic) bond motifs is 2. The molecule has 0 aromatic heterocycles. The van der Waals surface area contributed by atoms with E-state index in [1.165, 1.54) is 19.3 Å². The number of hydrogen-bond acceptors (Lipinski definition) is 3. The Labute approximate surface area is 156 Å². The summed E-state index contributed by atoms with van der Waals surface area (Å²) in [5.74, 6) is 0.393. The number of halogens is 3. The number of hydrogen-bond donors (Lipinski definition) is 0. The average Bonchev–Trinajstić information content (AvgIpc) is 2.79. The molecule has 2 aliphatic rings. The monoisotopic (exact) mass is 375 g/mol. The van der Waals surface area contributed by atoms with E-state index >= 15 is 0 Å². The van der Waals surface area contributed by atoms with E-state index < -0.39 is 22.9 Å². The maximum atomic E-state index is 13.5. The van der Waals surface area contributed by atoms with Crippen LogP contribution in [0.5, 0.6) is 11.5 Å². The van der Waals surface area contributed by atoms with E-state index in [9.17, 15) is 13.2 Å². The van der Waals surface area contributed by atoms with Crippen molar-refractivity contribution in [2.45, 2.75) is 31.2 Å². The number of rotatable bonds is 1. The Bertz CT molecular complexity index is 949. The van der Waals surface area contributed by atoms with Crippen LogP contribution in [0.3, 0.4) is 0 Å². The predicted octanol–water partition coefficient (Wildman–Crippen LogP) is 5.24. The molecule has 6 heteroatoms. The van der Waals surface area contributed by atoms with Gasteiger partial charge in [0.25, 0.3) is 0 Å². The van der Waals surface area contributed by atoms with E-state index in [1.54, 1.807) is 6.08 Å². The third-order valence-corrected chi connectivity index (χ3v) is 5.75. The number of methoxy groups -OCH3 is 1. The van der Waals surface area contributed by atoms with Gasteiger partial charge in [-0.25, -0.2) is 0 Å². The number of likely N-dealkylation sites (N-methyl/N-ethyl adjacent to an activating group) is 1. The predicted molar refractivity (Wildman–Crippen MR) is 98.3 cm³/mol. The Morgan fingerprint density at radius 1 is 1.07 bits per heavy atom. The summed E-state index contributed by atoms with van der Waals surface area (Å²) >= 11 is 0. The molecule has 0 bridgehead atoms. The zero-order valence-corrected chi connectivity index (χ0v) is 15.5. The number of benzene rings is 2. The average molecular weight is 375 g/mol. The van der Waals surface area contributed by atoms with Crippen LogP contribution in [0, 0.1) is 0 Å². The molecule has 3 nitrogen and oxygen atoms in total. The molecule has 4 rings (SSSR count). The van der Waals surface area contributed by atoms with Gasteiger partial charge in [-0.05, 0) is 49.8 Å². The van der Waals surface area contributed by atoms with Crippen LogP contribution in [0.2, 0.25) is 0 Å². The molecule has 1 atom stereocenters. The van der Waals surface area contributed by atoms with E-state index in [4.69, 9.17) is 9.47 Å². The van der Waals surface area contributed by atoms with Crippen LogP contribution >= 0.6 is 0 Å². The molecule has 2 aliphatic heterocycles. The van der Waals surface area contributed by atoms with E-state index in [0.717, 1.165) is 17.3 Å². The molecule has 0 unspecified atom stereocenters. The second-order valence-corrected chi connectivity index (χ2v) is 7.39. The standard InChI is InChI=1S/C21H20F3NO2/c1-19(2)15-7-5-6-8-16(15)25(3)20(19)12-11-13-14(21(22,23)24)9-10-17(26-4)18(13)27-20/h5-12H,1-4H3/t20-/m0/s1. The van der Waals surface area contributed by atoms with Gasteiger partial charge in [-0.2, -0.15) is 13.2 Å². The molecule has 142 valence electrons. The van der Waals surface area contributed by atoms with Crippen molar-refractivity contribution < 1.29 is 22.6 Å². The molecule has 0 fully saturated rings. The van der Waals surface area contributed by atoms with E-state index in [2.05, 4.69) is 0 Å². The quantitative estimate of drug-likeness (QED) is 0.680. The van der Waals surface area contributed by atoms with Gasteiger partial charge in [-0.1, -0.05) is 18.2 Å². The van der Waals surface area contributed by atoms with Gasteiger partial charge in [0, 0.05) is 18.3 Å². The summed E-state index contributed by atoms with van der Waals surface area (Å²) < 4.78 is 52.1. The number of para-hydroxylation sites is 1. The second-order valence-electron chi connectivity index (χ2n) is 7.39. The number of nitrogens with zero attached hydrogens (tertiary/aromatic N) is 1. The van der Waals surface area contributed by atoms with E-state index in [1.807, 2.05) is 50.1 Å². The van der Waals surface area contributed by atoms with Gasteiger partial charge in [0.2, 0.25) is 5.72 Å². The van der Waals surface area contributed by atoms with Gasteiger partial charge in [0.1, 0.15) is 0 Å². The molecular weight excluding hydrogens is 355 g/mol. The number of anilines is 1. The zero-order chi connectivity index (χ0) is 19.6. The normalized spacial score (nSPS) is 22.4. The van der Waals surface area contributed by atoms with Gasteiger partial charge in [0.15, 0.2) is 11.5 Å². The molecule has 0 saturated carbocycles. The lowest BCUT2D eigenvalue weighted by Gasteiger charge is -2.46. The smallest absolute Gasteiger partial charge is 0.417 e. The van der Waals surface area contributed by atoms with Crippen molar-refractivity contribution in [1.29, 1.82) is 0 Å². The van der Waals surface area contributed by atoms with Gasteiger partial charge < -0.3 is 14.4 Å². The summed E-state index contributed by atoms with van der Waals surface area (Å²) in [5.41, 5.74) is -0.131. The van der Waals surface area contributed by atoms with Gasteiger partial charge in [-0.15, -0.1) is 0 Å². The molecule has 0 amide bonds. The van der Waals surface area contributed by atoms with E-state index in [-0.39, 0.29) is 17.1 Å². The van der Waals surface area contributed by atoms with Gasteiger partial charge in [-0.3, -0.25) is 0 Å². The molecule has 2 heterocycles. The highest BCUT2D eigenvalue weighted by Crippen LogP contribution is 2.56. The molecule has 27 heavy (non-hydrogen) atoms. The van der Waals surface area contributed by atoms with Crippen molar-refractivity contribution in [2.75, 3.05) is 19.1 Å². The van der Waals surface area contributed by atoms with Crippen LogP contribution in [0.15, 0.2) is 42.5 Å². The number of alkyl halides is 3. The molecule has 2 aromatic rings. The lowest BCUT2D eigenvalue weighted by Crippen LogP contribution is -2.58. The largest absolute Gasteiger partial charge is 0.493 e. The Morgan fingerprint density at radius 3 is 2.41 bits per heavy atom. The highest BCUT2D eigenvalue weighted by Gasteiger charge is 2.58. The summed E-state index contributed by atoms with van der Waals surface area (Å²) in [6.45, 7) is 4.06. The highest BCUT2D eigenvalue weighted by atomic mass is 19.4. The lowest BCUT2D eigenvalue weighted by molar-refractivity contribution is -0.138.